The van der Waals surface area contributed by atoms with Crippen molar-refractivity contribution in [2.75, 3.05) is 13.2 Å². The van der Waals surface area contributed by atoms with Crippen molar-refractivity contribution in [3.63, 3.8) is 0 Å². The second kappa shape index (κ2) is 13.3. The maximum absolute atomic E-state index is 12.2. The number of rotatable bonds is 13. The van der Waals surface area contributed by atoms with Gasteiger partial charge in [-0.2, -0.15) is 0 Å². The van der Waals surface area contributed by atoms with Gasteiger partial charge in [0.25, 0.3) is 0 Å². The Labute approximate surface area is 224 Å². The number of aromatic nitrogens is 2. The van der Waals surface area contributed by atoms with Gasteiger partial charge in [0, 0.05) is 18.0 Å². The first-order valence-electron chi connectivity index (χ1n) is 13.2. The fourth-order valence-electron chi connectivity index (χ4n) is 4.43. The van der Waals surface area contributed by atoms with Gasteiger partial charge in [0.2, 0.25) is 5.91 Å². The summed E-state index contributed by atoms with van der Waals surface area (Å²) in [6, 6.07) is 24.1. The van der Waals surface area contributed by atoms with Crippen LogP contribution in [0.4, 0.5) is 0 Å². The van der Waals surface area contributed by atoms with E-state index in [0.29, 0.717) is 30.5 Å². The van der Waals surface area contributed by atoms with E-state index in [1.807, 2.05) is 30.3 Å². The number of benzene rings is 3. The number of hydrogen-bond acceptors (Lipinski definition) is 3. The summed E-state index contributed by atoms with van der Waals surface area (Å²) in [6.07, 6.45) is 4.28. The van der Waals surface area contributed by atoms with E-state index >= 15 is 0 Å². The van der Waals surface area contributed by atoms with Crippen molar-refractivity contribution in [1.29, 1.82) is 0 Å². The Morgan fingerprint density at radius 2 is 1.73 bits per heavy atom. The lowest BCUT2D eigenvalue weighted by molar-refractivity contribution is -0.120. The van der Waals surface area contributed by atoms with E-state index < -0.39 is 0 Å². The molecule has 0 atom stereocenters. The molecule has 37 heavy (non-hydrogen) atoms. The minimum absolute atomic E-state index is 0.0444. The number of carbonyl (C=O) groups excluding carboxylic acids is 1. The third-order valence-corrected chi connectivity index (χ3v) is 6.79. The van der Waals surface area contributed by atoms with Crippen LogP contribution >= 0.6 is 11.6 Å². The average molecular weight is 518 g/mol. The molecule has 6 heteroatoms. The molecule has 0 aliphatic carbocycles. The Morgan fingerprint density at radius 1 is 0.973 bits per heavy atom. The van der Waals surface area contributed by atoms with Crippen LogP contribution in [0.1, 0.15) is 56.0 Å². The number of para-hydroxylation sites is 2. The van der Waals surface area contributed by atoms with Gasteiger partial charge in [-0.15, -0.1) is 0 Å². The lowest BCUT2D eigenvalue weighted by Crippen LogP contribution is -2.26. The summed E-state index contributed by atoms with van der Waals surface area (Å²) in [5.74, 6) is 2.54. The number of nitrogens with zero attached hydrogens (tertiary/aromatic N) is 2. The maximum atomic E-state index is 12.2. The Kier molecular flexibility index (Phi) is 9.61. The molecule has 0 saturated heterocycles. The molecule has 0 radical (unpaired) electrons. The highest BCUT2D eigenvalue weighted by Gasteiger charge is 2.11. The lowest BCUT2D eigenvalue weighted by Gasteiger charge is -2.12. The van der Waals surface area contributed by atoms with E-state index in [-0.39, 0.29) is 5.91 Å². The van der Waals surface area contributed by atoms with Gasteiger partial charge >= 0.3 is 0 Å². The molecule has 0 fully saturated rings. The first kappa shape index (κ1) is 26.7. The van der Waals surface area contributed by atoms with E-state index in [9.17, 15) is 4.79 Å². The quantitative estimate of drug-likeness (QED) is 0.195. The summed E-state index contributed by atoms with van der Waals surface area (Å²) >= 11 is 5.91. The molecule has 1 aromatic heterocycles. The Morgan fingerprint density at radius 3 is 2.49 bits per heavy atom. The zero-order chi connectivity index (χ0) is 26.0. The molecule has 0 spiro atoms. The molecule has 1 amide bonds. The summed E-state index contributed by atoms with van der Waals surface area (Å²) in [5, 5.41) is 3.70. The summed E-state index contributed by atoms with van der Waals surface area (Å²) in [4.78, 5) is 17.1. The van der Waals surface area contributed by atoms with Crippen LogP contribution in [0, 0.1) is 0 Å². The van der Waals surface area contributed by atoms with Crippen LogP contribution in [0.15, 0.2) is 72.8 Å². The number of hydrogen-bond donors (Lipinski definition) is 1. The molecule has 1 heterocycles. The van der Waals surface area contributed by atoms with Crippen molar-refractivity contribution in [2.24, 2.45) is 0 Å². The first-order valence-corrected chi connectivity index (χ1v) is 13.6. The molecule has 0 aliphatic rings. The largest absolute Gasteiger partial charge is 0.492 e. The Balaban J connectivity index is 1.23. The third kappa shape index (κ3) is 7.83. The SMILES string of the molecule is CC(C)c1ccc(OCCn2c(CCCCCNC(=O)Cc3ccc(Cl)cc3)nc3ccccc32)cc1. The molecule has 0 unspecified atom stereocenters. The predicted octanol–water partition coefficient (Wildman–Crippen LogP) is 6.96. The van der Waals surface area contributed by atoms with Gasteiger partial charge in [0.15, 0.2) is 0 Å². The summed E-state index contributed by atoms with van der Waals surface area (Å²) < 4.78 is 8.33. The number of unbranched alkanes of at least 4 members (excludes halogenated alkanes) is 2. The Hall–Kier alpha value is -3.31. The average Bonchev–Trinajstić information content (AvgIpc) is 3.25. The summed E-state index contributed by atoms with van der Waals surface area (Å²) in [6.45, 7) is 6.42. The van der Waals surface area contributed by atoms with Gasteiger partial charge in [-0.25, -0.2) is 4.98 Å². The van der Waals surface area contributed by atoms with Crippen LogP contribution in [0.2, 0.25) is 5.02 Å². The monoisotopic (exact) mass is 517 g/mol. The van der Waals surface area contributed by atoms with Crippen molar-refractivity contribution >= 4 is 28.5 Å². The molecule has 0 bridgehead atoms. The fourth-order valence-corrected chi connectivity index (χ4v) is 4.56. The van der Waals surface area contributed by atoms with Crippen LogP contribution in [0.3, 0.4) is 0 Å². The van der Waals surface area contributed by atoms with E-state index in [4.69, 9.17) is 21.3 Å². The summed E-state index contributed by atoms with van der Waals surface area (Å²) in [7, 11) is 0. The number of imidazole rings is 1. The van der Waals surface area contributed by atoms with E-state index in [1.165, 1.54) is 5.56 Å². The molecule has 3 aromatic carbocycles. The number of nitrogens with one attached hydrogen (secondary N) is 1. The zero-order valence-corrected chi connectivity index (χ0v) is 22.5. The minimum Gasteiger partial charge on any atom is -0.492 e. The van der Waals surface area contributed by atoms with Crippen molar-refractivity contribution in [2.45, 2.75) is 58.4 Å². The van der Waals surface area contributed by atoms with Crippen LogP contribution in [-0.4, -0.2) is 28.6 Å². The molecular formula is C31H36ClN3O2. The van der Waals surface area contributed by atoms with Crippen LogP contribution in [0.25, 0.3) is 11.0 Å². The molecule has 0 aliphatic heterocycles. The molecular weight excluding hydrogens is 482 g/mol. The standard InChI is InChI=1S/C31H36ClN3O2/c1-23(2)25-13-17-27(18-14-25)37-21-20-35-29-9-6-5-8-28(29)34-30(35)10-4-3-7-19-33-31(36)22-24-11-15-26(32)16-12-24/h5-6,8-9,11-18,23H,3-4,7,10,19-22H2,1-2H3,(H,33,36). The lowest BCUT2D eigenvalue weighted by atomic mass is 10.0. The van der Waals surface area contributed by atoms with Gasteiger partial charge in [0.1, 0.15) is 18.2 Å². The van der Waals surface area contributed by atoms with E-state index in [0.717, 1.165) is 60.4 Å². The number of aryl methyl sites for hydroxylation is 1. The molecule has 4 aromatic rings. The van der Waals surface area contributed by atoms with Crippen molar-refractivity contribution in [3.05, 3.63) is 94.8 Å². The number of amides is 1. The molecule has 4 rings (SSSR count). The Bertz CT molecular complexity index is 1280. The minimum atomic E-state index is 0.0444. The van der Waals surface area contributed by atoms with Crippen LogP contribution < -0.4 is 10.1 Å². The number of halogens is 1. The number of ether oxygens (including phenoxy) is 1. The highest BCUT2D eigenvalue weighted by molar-refractivity contribution is 6.30. The van der Waals surface area contributed by atoms with Gasteiger partial charge in [-0.1, -0.05) is 68.3 Å². The van der Waals surface area contributed by atoms with Crippen LogP contribution in [-0.2, 0) is 24.2 Å². The highest BCUT2D eigenvalue weighted by Crippen LogP contribution is 2.20. The number of fused-ring (bicyclic) bond motifs is 1. The van der Waals surface area contributed by atoms with E-state index in [1.54, 1.807) is 0 Å². The zero-order valence-electron chi connectivity index (χ0n) is 21.8. The predicted molar refractivity (Wildman–Crippen MR) is 151 cm³/mol. The first-order chi connectivity index (χ1) is 18.0. The topological polar surface area (TPSA) is 56.1 Å². The van der Waals surface area contributed by atoms with E-state index in [2.05, 4.69) is 66.2 Å². The highest BCUT2D eigenvalue weighted by atomic mass is 35.5. The van der Waals surface area contributed by atoms with Gasteiger partial charge in [-0.05, 0) is 66.3 Å². The molecule has 0 saturated carbocycles. The fraction of sp³-hybridized carbons (Fsp3) is 0.355. The summed E-state index contributed by atoms with van der Waals surface area (Å²) in [5.41, 5.74) is 4.45. The molecule has 194 valence electrons. The number of carbonyl (C=O) groups is 1. The van der Waals surface area contributed by atoms with Crippen LogP contribution in [0.5, 0.6) is 5.75 Å². The molecule has 5 nitrogen and oxygen atoms in total. The third-order valence-electron chi connectivity index (χ3n) is 6.54. The van der Waals surface area contributed by atoms with Gasteiger partial charge in [0.05, 0.1) is 24.0 Å². The second-order valence-electron chi connectivity index (χ2n) is 9.70. The van der Waals surface area contributed by atoms with Gasteiger partial charge < -0.3 is 14.6 Å². The maximum Gasteiger partial charge on any atom is 0.224 e. The van der Waals surface area contributed by atoms with Gasteiger partial charge in [-0.3, -0.25) is 4.79 Å². The van der Waals surface area contributed by atoms with Crippen molar-refractivity contribution < 1.29 is 9.53 Å². The van der Waals surface area contributed by atoms with Crippen molar-refractivity contribution in [3.8, 4) is 5.75 Å². The normalized spacial score (nSPS) is 11.2. The smallest absolute Gasteiger partial charge is 0.224 e. The molecule has 1 N–H and O–H groups in total. The second-order valence-corrected chi connectivity index (χ2v) is 10.1. The van der Waals surface area contributed by atoms with Crippen molar-refractivity contribution in [1.82, 2.24) is 14.9 Å².